The molecule has 10 rings (SSSR count). The van der Waals surface area contributed by atoms with Gasteiger partial charge in [0.1, 0.15) is 11.2 Å². The highest BCUT2D eigenvalue weighted by molar-refractivity contribution is 6.22. The maximum atomic E-state index is 6.29. The second kappa shape index (κ2) is 10.1. The third kappa shape index (κ3) is 4.00. The van der Waals surface area contributed by atoms with Crippen molar-refractivity contribution in [2.24, 2.45) is 0 Å². The summed E-state index contributed by atoms with van der Waals surface area (Å²) in [7, 11) is 0. The third-order valence-electron chi connectivity index (χ3n) is 9.50. The third-order valence-corrected chi connectivity index (χ3v) is 9.50. The van der Waals surface area contributed by atoms with Gasteiger partial charge in [-0.3, -0.25) is 0 Å². The molecule has 0 saturated carbocycles. The number of anilines is 3. The molecule has 0 spiro atoms. The van der Waals surface area contributed by atoms with E-state index >= 15 is 0 Å². The van der Waals surface area contributed by atoms with Gasteiger partial charge in [0.25, 0.3) is 0 Å². The van der Waals surface area contributed by atoms with Crippen LogP contribution in [-0.4, -0.2) is 4.57 Å². The molecule has 10 aromatic rings. The summed E-state index contributed by atoms with van der Waals surface area (Å²) in [5, 5.41) is 9.52. The fourth-order valence-corrected chi connectivity index (χ4v) is 7.37. The first-order valence-electron chi connectivity index (χ1n) is 16.0. The van der Waals surface area contributed by atoms with Crippen LogP contribution in [0.4, 0.5) is 17.1 Å². The van der Waals surface area contributed by atoms with Crippen molar-refractivity contribution >= 4 is 82.4 Å². The van der Waals surface area contributed by atoms with Crippen LogP contribution in [0.1, 0.15) is 0 Å². The first-order chi connectivity index (χ1) is 23.3. The Hall–Kier alpha value is -6.32. The van der Waals surface area contributed by atoms with E-state index in [2.05, 4.69) is 167 Å². The van der Waals surface area contributed by atoms with Crippen LogP contribution in [0.5, 0.6) is 0 Å². The topological polar surface area (TPSA) is 21.3 Å². The predicted octanol–water partition coefficient (Wildman–Crippen LogP) is 12.5. The maximum Gasteiger partial charge on any atom is 0.136 e. The van der Waals surface area contributed by atoms with Crippen molar-refractivity contribution in [3.05, 3.63) is 170 Å². The van der Waals surface area contributed by atoms with Crippen molar-refractivity contribution in [2.75, 3.05) is 4.90 Å². The van der Waals surface area contributed by atoms with Gasteiger partial charge in [-0.2, -0.15) is 0 Å². The first-order valence-corrected chi connectivity index (χ1v) is 16.0. The molecule has 0 saturated heterocycles. The number of aromatic nitrogens is 1. The number of hydrogen-bond acceptors (Lipinski definition) is 2. The molecule has 0 N–H and O–H groups in total. The minimum atomic E-state index is 0.914. The van der Waals surface area contributed by atoms with Gasteiger partial charge >= 0.3 is 0 Å². The molecular formula is C44H28N2O. The first kappa shape index (κ1) is 26.0. The van der Waals surface area contributed by atoms with Gasteiger partial charge in [0.05, 0.1) is 11.0 Å². The molecule has 0 fully saturated rings. The van der Waals surface area contributed by atoms with E-state index in [9.17, 15) is 0 Å². The summed E-state index contributed by atoms with van der Waals surface area (Å²) in [6.45, 7) is 0. The lowest BCUT2D eigenvalue weighted by Gasteiger charge is -2.26. The number of para-hydroxylation sites is 3. The summed E-state index contributed by atoms with van der Waals surface area (Å²) in [5.41, 5.74) is 8.70. The van der Waals surface area contributed by atoms with E-state index in [0.717, 1.165) is 50.1 Å². The van der Waals surface area contributed by atoms with Gasteiger partial charge in [0.2, 0.25) is 0 Å². The second-order valence-corrected chi connectivity index (χ2v) is 12.2. The summed E-state index contributed by atoms with van der Waals surface area (Å²) >= 11 is 0. The van der Waals surface area contributed by atoms with Crippen LogP contribution in [0.15, 0.2) is 174 Å². The van der Waals surface area contributed by atoms with E-state index in [-0.39, 0.29) is 0 Å². The molecule has 0 aliphatic heterocycles. The molecule has 3 nitrogen and oxygen atoms in total. The summed E-state index contributed by atoms with van der Waals surface area (Å²) in [6.07, 6.45) is 0. The lowest BCUT2D eigenvalue weighted by molar-refractivity contribution is 0.669. The minimum Gasteiger partial charge on any atom is -0.456 e. The van der Waals surface area contributed by atoms with Crippen LogP contribution >= 0.6 is 0 Å². The van der Waals surface area contributed by atoms with E-state index in [4.69, 9.17) is 4.42 Å². The van der Waals surface area contributed by atoms with Gasteiger partial charge in [0, 0.05) is 49.7 Å². The lowest BCUT2D eigenvalue weighted by Crippen LogP contribution is -2.09. The maximum absolute atomic E-state index is 6.29. The van der Waals surface area contributed by atoms with Crippen LogP contribution in [0, 0.1) is 0 Å². The van der Waals surface area contributed by atoms with Crippen molar-refractivity contribution in [1.29, 1.82) is 0 Å². The molecule has 0 atom stereocenters. The molecule has 2 heterocycles. The normalized spacial score (nSPS) is 11.8. The molecule has 3 heteroatoms. The SMILES string of the molecule is c1ccc(N(c2ccc3ccccc3c2)c2ccc3c(c2)c2ccc4cc5oc6ccccc6c5cc4c2n3-c2ccccc2)cc1. The van der Waals surface area contributed by atoms with Crippen LogP contribution in [0.2, 0.25) is 0 Å². The Labute approximate surface area is 271 Å². The van der Waals surface area contributed by atoms with Crippen molar-refractivity contribution in [2.45, 2.75) is 0 Å². The highest BCUT2D eigenvalue weighted by Gasteiger charge is 2.20. The highest BCUT2D eigenvalue weighted by Crippen LogP contribution is 2.43. The van der Waals surface area contributed by atoms with E-state index in [1.165, 1.54) is 38.0 Å². The molecule has 8 aromatic carbocycles. The Morgan fingerprint density at radius 2 is 1.09 bits per heavy atom. The van der Waals surface area contributed by atoms with Crippen molar-refractivity contribution < 1.29 is 4.42 Å². The monoisotopic (exact) mass is 600 g/mol. The van der Waals surface area contributed by atoms with Crippen LogP contribution in [0.25, 0.3) is 71.0 Å². The Morgan fingerprint density at radius 3 is 1.96 bits per heavy atom. The molecule has 0 unspecified atom stereocenters. The number of rotatable bonds is 4. The smallest absolute Gasteiger partial charge is 0.136 e. The van der Waals surface area contributed by atoms with Gasteiger partial charge in [-0.15, -0.1) is 0 Å². The Kier molecular flexibility index (Phi) is 5.57. The van der Waals surface area contributed by atoms with Gasteiger partial charge in [0.15, 0.2) is 0 Å². The molecule has 0 aliphatic carbocycles. The Balaban J connectivity index is 1.28. The van der Waals surface area contributed by atoms with Crippen molar-refractivity contribution in [3.8, 4) is 5.69 Å². The zero-order chi connectivity index (χ0) is 30.9. The number of hydrogen-bond donors (Lipinski definition) is 0. The van der Waals surface area contributed by atoms with Crippen LogP contribution in [-0.2, 0) is 0 Å². The van der Waals surface area contributed by atoms with E-state index in [1.54, 1.807) is 0 Å². The van der Waals surface area contributed by atoms with E-state index in [0.29, 0.717) is 0 Å². The van der Waals surface area contributed by atoms with Gasteiger partial charge < -0.3 is 13.9 Å². The van der Waals surface area contributed by atoms with Gasteiger partial charge in [-0.05, 0) is 89.0 Å². The molecule has 2 aromatic heterocycles. The van der Waals surface area contributed by atoms with Crippen molar-refractivity contribution in [3.63, 3.8) is 0 Å². The average molecular weight is 601 g/mol. The number of furan rings is 1. The van der Waals surface area contributed by atoms with E-state index < -0.39 is 0 Å². The molecular weight excluding hydrogens is 572 g/mol. The quantitative estimate of drug-likeness (QED) is 0.200. The summed E-state index contributed by atoms with van der Waals surface area (Å²) in [4.78, 5) is 2.36. The molecule has 0 aliphatic rings. The largest absolute Gasteiger partial charge is 0.456 e. The number of nitrogens with zero attached hydrogens (tertiary/aromatic N) is 2. The van der Waals surface area contributed by atoms with Crippen molar-refractivity contribution in [1.82, 2.24) is 4.57 Å². The van der Waals surface area contributed by atoms with Crippen LogP contribution in [0.3, 0.4) is 0 Å². The molecule has 0 amide bonds. The summed E-state index contributed by atoms with van der Waals surface area (Å²) in [5.74, 6) is 0. The molecule has 0 radical (unpaired) electrons. The zero-order valence-electron chi connectivity index (χ0n) is 25.5. The number of fused-ring (bicyclic) bond motifs is 9. The highest BCUT2D eigenvalue weighted by atomic mass is 16.3. The Bertz CT molecular complexity index is 2790. The number of benzene rings is 8. The van der Waals surface area contributed by atoms with Gasteiger partial charge in [-0.1, -0.05) is 97.1 Å². The summed E-state index contributed by atoms with van der Waals surface area (Å²) < 4.78 is 8.71. The lowest BCUT2D eigenvalue weighted by atomic mass is 10.0. The standard InChI is InChI=1S/C44H28N2O/c1-3-13-32(14-4-1)45(34-21-19-29-11-7-8-12-30(29)25-34)35-22-24-41-39(27-35)37-23-20-31-26-43-40(36-17-9-10-18-42(36)47-43)28-38(31)44(37)46(41)33-15-5-2-6-16-33/h1-28H. The Morgan fingerprint density at radius 1 is 0.383 bits per heavy atom. The fraction of sp³-hybridized carbons (Fsp3) is 0. The zero-order valence-corrected chi connectivity index (χ0v) is 25.5. The average Bonchev–Trinajstić information content (AvgIpc) is 3.66. The summed E-state index contributed by atoms with van der Waals surface area (Å²) in [6, 6.07) is 60.9. The minimum absolute atomic E-state index is 0.914. The molecule has 0 bridgehead atoms. The molecule has 47 heavy (non-hydrogen) atoms. The second-order valence-electron chi connectivity index (χ2n) is 12.2. The predicted molar refractivity (Wildman–Crippen MR) is 198 cm³/mol. The molecule has 220 valence electrons. The van der Waals surface area contributed by atoms with E-state index in [1.807, 2.05) is 12.1 Å². The van der Waals surface area contributed by atoms with Gasteiger partial charge in [-0.25, -0.2) is 0 Å². The van der Waals surface area contributed by atoms with Crippen LogP contribution < -0.4 is 4.90 Å². The fourth-order valence-electron chi connectivity index (χ4n) is 7.37.